The fraction of sp³-hybridized carbons (Fsp3) is 0.611. The number of rotatable bonds is 5. The number of hydrogen-bond acceptors (Lipinski definition) is 8. The molecule has 1 unspecified atom stereocenters. The summed E-state index contributed by atoms with van der Waals surface area (Å²) in [6, 6.07) is 5.68. The standard InChI is InChI=1S/C18H23F3N2O5S/c1-23(2)17-22-11-12(24)13(25)14(28-16(11)29-17)15(18(19,20)21)27-8-9-6-4-5-7-10(9)26-3/h4-7,11-16,24-25H,8H2,1-3H3/t11-,12-,13+,14?,15-,16-/m1/s1. The Morgan fingerprint density at radius 1 is 1.24 bits per heavy atom. The van der Waals surface area contributed by atoms with Crippen LogP contribution in [0.25, 0.3) is 0 Å². The van der Waals surface area contributed by atoms with E-state index in [1.54, 1.807) is 43.3 Å². The van der Waals surface area contributed by atoms with Gasteiger partial charge in [-0.15, -0.1) is 0 Å². The zero-order valence-corrected chi connectivity index (χ0v) is 16.9. The lowest BCUT2D eigenvalue weighted by atomic mass is 9.94. The van der Waals surface area contributed by atoms with Crippen LogP contribution in [0.1, 0.15) is 5.56 Å². The number of aliphatic imine (C=N–C) groups is 1. The average molecular weight is 436 g/mol. The molecule has 1 aromatic carbocycles. The minimum Gasteiger partial charge on any atom is -0.496 e. The van der Waals surface area contributed by atoms with E-state index in [1.165, 1.54) is 7.11 Å². The number of benzene rings is 1. The molecule has 0 aliphatic carbocycles. The Morgan fingerprint density at radius 3 is 2.55 bits per heavy atom. The molecule has 29 heavy (non-hydrogen) atoms. The first-order valence-corrected chi connectivity index (χ1v) is 9.75. The summed E-state index contributed by atoms with van der Waals surface area (Å²) in [7, 11) is 4.85. The number of alkyl halides is 3. The van der Waals surface area contributed by atoms with Gasteiger partial charge in [-0.25, -0.2) is 0 Å². The monoisotopic (exact) mass is 436 g/mol. The number of methoxy groups -OCH3 is 1. The normalized spacial score (nSPS) is 30.5. The predicted molar refractivity (Wildman–Crippen MR) is 101 cm³/mol. The summed E-state index contributed by atoms with van der Waals surface area (Å²) in [4.78, 5) is 5.91. The van der Waals surface area contributed by atoms with E-state index in [9.17, 15) is 23.4 Å². The van der Waals surface area contributed by atoms with Gasteiger partial charge in [-0.05, 0) is 6.07 Å². The fourth-order valence-electron chi connectivity index (χ4n) is 3.22. The number of amidine groups is 1. The van der Waals surface area contributed by atoms with Gasteiger partial charge in [-0.2, -0.15) is 13.2 Å². The molecular weight excluding hydrogens is 413 g/mol. The molecule has 7 nitrogen and oxygen atoms in total. The van der Waals surface area contributed by atoms with Crippen molar-refractivity contribution in [2.45, 2.75) is 48.7 Å². The van der Waals surface area contributed by atoms with E-state index in [4.69, 9.17) is 14.2 Å². The maximum atomic E-state index is 13.8. The van der Waals surface area contributed by atoms with Crippen molar-refractivity contribution < 1.29 is 37.6 Å². The molecular formula is C18H23F3N2O5S. The van der Waals surface area contributed by atoms with Crippen LogP contribution in [0.3, 0.4) is 0 Å². The number of ether oxygens (including phenoxy) is 3. The molecule has 0 spiro atoms. The molecule has 3 rings (SSSR count). The molecule has 162 valence electrons. The summed E-state index contributed by atoms with van der Waals surface area (Å²) in [6.45, 7) is -0.405. The molecule has 11 heteroatoms. The van der Waals surface area contributed by atoms with E-state index < -0.39 is 48.7 Å². The number of nitrogens with zero attached hydrogens (tertiary/aromatic N) is 2. The molecule has 2 aliphatic rings. The van der Waals surface area contributed by atoms with Gasteiger partial charge in [0.1, 0.15) is 35.5 Å². The zero-order chi connectivity index (χ0) is 21.3. The molecule has 2 aliphatic heterocycles. The molecule has 0 radical (unpaired) electrons. The summed E-state index contributed by atoms with van der Waals surface area (Å²) in [5, 5.41) is 21.3. The number of thioether (sulfide) groups is 1. The number of aliphatic hydroxyl groups is 2. The molecule has 1 saturated heterocycles. The van der Waals surface area contributed by atoms with Crippen LogP contribution in [0, 0.1) is 0 Å². The average Bonchev–Trinajstić information content (AvgIpc) is 3.09. The summed E-state index contributed by atoms with van der Waals surface area (Å²) < 4.78 is 57.1. The second kappa shape index (κ2) is 8.68. The minimum absolute atomic E-state index is 0.383. The highest BCUT2D eigenvalue weighted by Crippen LogP contribution is 2.41. The van der Waals surface area contributed by atoms with Crippen molar-refractivity contribution in [3.05, 3.63) is 29.8 Å². The third-order valence-electron chi connectivity index (χ3n) is 4.70. The lowest BCUT2D eigenvalue weighted by molar-refractivity contribution is -0.287. The van der Waals surface area contributed by atoms with Crippen LogP contribution in [-0.4, -0.2) is 83.6 Å². The third-order valence-corrected chi connectivity index (χ3v) is 6.01. The highest BCUT2D eigenvalue weighted by molar-refractivity contribution is 8.14. The lowest BCUT2D eigenvalue weighted by Gasteiger charge is -2.41. The predicted octanol–water partition coefficient (Wildman–Crippen LogP) is 1.62. The van der Waals surface area contributed by atoms with Gasteiger partial charge in [0.2, 0.25) is 0 Å². The van der Waals surface area contributed by atoms with E-state index in [0.717, 1.165) is 11.8 Å². The van der Waals surface area contributed by atoms with Crippen molar-refractivity contribution in [1.82, 2.24) is 4.90 Å². The van der Waals surface area contributed by atoms with E-state index in [-0.39, 0.29) is 0 Å². The van der Waals surface area contributed by atoms with Crippen LogP contribution >= 0.6 is 11.8 Å². The van der Waals surface area contributed by atoms with Crippen molar-refractivity contribution in [3.63, 3.8) is 0 Å². The zero-order valence-electron chi connectivity index (χ0n) is 16.0. The molecule has 0 saturated carbocycles. The molecule has 0 bridgehead atoms. The first kappa shape index (κ1) is 22.2. The van der Waals surface area contributed by atoms with E-state index >= 15 is 0 Å². The number of para-hydroxylation sites is 1. The molecule has 1 fully saturated rings. The number of fused-ring (bicyclic) bond motifs is 1. The van der Waals surface area contributed by atoms with Crippen molar-refractivity contribution in [3.8, 4) is 5.75 Å². The van der Waals surface area contributed by atoms with Gasteiger partial charge in [-0.1, -0.05) is 30.0 Å². The van der Waals surface area contributed by atoms with Gasteiger partial charge in [0.05, 0.1) is 13.7 Å². The van der Waals surface area contributed by atoms with Crippen LogP contribution in [0.5, 0.6) is 5.75 Å². The molecule has 1 aromatic rings. The highest BCUT2D eigenvalue weighted by atomic mass is 32.2. The van der Waals surface area contributed by atoms with Gasteiger partial charge in [-0.3, -0.25) is 4.99 Å². The maximum absolute atomic E-state index is 13.8. The highest BCUT2D eigenvalue weighted by Gasteiger charge is 2.57. The van der Waals surface area contributed by atoms with E-state index in [0.29, 0.717) is 16.5 Å². The van der Waals surface area contributed by atoms with Crippen LogP contribution in [0.2, 0.25) is 0 Å². The second-order valence-electron chi connectivity index (χ2n) is 6.95. The number of hydrogen-bond donors (Lipinski definition) is 2. The SMILES string of the molecule is COc1ccccc1CO[C@H](C1O[C@@H]2SC(N(C)C)=N[C@@H]2[C@@H](O)[C@@H]1O)C(F)(F)F. The Morgan fingerprint density at radius 2 is 1.93 bits per heavy atom. The van der Waals surface area contributed by atoms with Gasteiger partial charge < -0.3 is 29.3 Å². The van der Waals surface area contributed by atoms with Gasteiger partial charge in [0.15, 0.2) is 11.3 Å². The lowest BCUT2D eigenvalue weighted by Crippen LogP contribution is -2.61. The fourth-order valence-corrected chi connectivity index (χ4v) is 4.36. The first-order valence-electron chi connectivity index (χ1n) is 8.87. The summed E-state index contributed by atoms with van der Waals surface area (Å²) in [6.07, 6.45) is -12.4. The van der Waals surface area contributed by atoms with Crippen LogP contribution < -0.4 is 4.74 Å². The summed E-state index contributed by atoms with van der Waals surface area (Å²) in [5.74, 6) is 0.383. The number of halogens is 3. The van der Waals surface area contributed by atoms with E-state index in [1.807, 2.05) is 0 Å². The molecule has 0 amide bonds. The molecule has 0 aromatic heterocycles. The maximum Gasteiger partial charge on any atom is 0.417 e. The van der Waals surface area contributed by atoms with Crippen molar-refractivity contribution in [2.24, 2.45) is 4.99 Å². The molecule has 2 N–H and O–H groups in total. The minimum atomic E-state index is -4.82. The van der Waals surface area contributed by atoms with Crippen molar-refractivity contribution >= 4 is 16.9 Å². The van der Waals surface area contributed by atoms with Gasteiger partial charge in [0, 0.05) is 19.7 Å². The molecule has 2 heterocycles. The van der Waals surface area contributed by atoms with Crippen molar-refractivity contribution in [1.29, 1.82) is 0 Å². The third kappa shape index (κ3) is 4.64. The Kier molecular flexibility index (Phi) is 6.64. The Labute approximate surface area is 170 Å². The van der Waals surface area contributed by atoms with Crippen LogP contribution in [-0.2, 0) is 16.1 Å². The van der Waals surface area contributed by atoms with Gasteiger partial charge >= 0.3 is 6.18 Å². The molecule has 6 atom stereocenters. The number of aliphatic hydroxyl groups excluding tert-OH is 2. The Balaban J connectivity index is 1.79. The summed E-state index contributed by atoms with van der Waals surface area (Å²) in [5.41, 5.74) is -0.433. The second-order valence-corrected chi connectivity index (χ2v) is 8.02. The Bertz CT molecular complexity index is 748. The quantitative estimate of drug-likeness (QED) is 0.726. The van der Waals surface area contributed by atoms with Crippen LogP contribution in [0.4, 0.5) is 13.2 Å². The van der Waals surface area contributed by atoms with Crippen molar-refractivity contribution in [2.75, 3.05) is 21.2 Å². The Hall–Kier alpha value is -1.53. The largest absolute Gasteiger partial charge is 0.496 e. The topological polar surface area (TPSA) is 83.8 Å². The van der Waals surface area contributed by atoms with E-state index in [2.05, 4.69) is 4.99 Å². The first-order chi connectivity index (χ1) is 13.6. The summed E-state index contributed by atoms with van der Waals surface area (Å²) >= 11 is 1.10. The smallest absolute Gasteiger partial charge is 0.417 e. The van der Waals surface area contributed by atoms with Gasteiger partial charge in [0.25, 0.3) is 0 Å². The van der Waals surface area contributed by atoms with Crippen LogP contribution in [0.15, 0.2) is 29.3 Å².